The van der Waals surface area contributed by atoms with E-state index in [0.717, 1.165) is 11.1 Å². The summed E-state index contributed by atoms with van der Waals surface area (Å²) < 4.78 is 18.3. The van der Waals surface area contributed by atoms with Crippen molar-refractivity contribution in [2.45, 2.75) is 6.92 Å². The highest BCUT2D eigenvalue weighted by molar-refractivity contribution is 5.62. The summed E-state index contributed by atoms with van der Waals surface area (Å²) in [5, 5.41) is 13.1. The number of phenolic OH excluding ortho intramolecular Hbond substituents is 1. The summed E-state index contributed by atoms with van der Waals surface area (Å²) in [7, 11) is 0. The van der Waals surface area contributed by atoms with E-state index in [9.17, 15) is 9.50 Å². The Hall–Kier alpha value is -2.69. The van der Waals surface area contributed by atoms with Crippen molar-refractivity contribution in [2.24, 2.45) is 0 Å². The second kappa shape index (κ2) is 4.77. The molecule has 0 spiro atoms. The zero-order valence-corrected chi connectivity index (χ0v) is 10.7. The third-order valence-electron chi connectivity index (χ3n) is 2.97. The van der Waals surface area contributed by atoms with Crippen molar-refractivity contribution in [2.75, 3.05) is 0 Å². The Labute approximate surface area is 114 Å². The van der Waals surface area contributed by atoms with Crippen LogP contribution in [0.25, 0.3) is 22.8 Å². The molecule has 0 radical (unpaired) electrons. The highest BCUT2D eigenvalue weighted by Crippen LogP contribution is 2.26. The van der Waals surface area contributed by atoms with Crippen molar-refractivity contribution in [3.63, 3.8) is 0 Å². The summed E-state index contributed by atoms with van der Waals surface area (Å²) in [6, 6.07) is 10.9. The molecule has 0 aliphatic heterocycles. The second-order valence-corrected chi connectivity index (χ2v) is 4.43. The van der Waals surface area contributed by atoms with Gasteiger partial charge in [0.15, 0.2) is 0 Å². The van der Waals surface area contributed by atoms with Gasteiger partial charge in [0.1, 0.15) is 11.6 Å². The van der Waals surface area contributed by atoms with E-state index < -0.39 is 0 Å². The lowest BCUT2D eigenvalue weighted by molar-refractivity contribution is 0.432. The van der Waals surface area contributed by atoms with Crippen LogP contribution in [0.4, 0.5) is 4.39 Å². The van der Waals surface area contributed by atoms with E-state index >= 15 is 0 Å². The summed E-state index contributed by atoms with van der Waals surface area (Å²) in [6.45, 7) is 1.78. The maximum Gasteiger partial charge on any atom is 0.258 e. The Morgan fingerprint density at radius 2 is 1.85 bits per heavy atom. The minimum atomic E-state index is -0.301. The van der Waals surface area contributed by atoms with Gasteiger partial charge in [0.25, 0.3) is 5.89 Å². The fourth-order valence-corrected chi connectivity index (χ4v) is 1.93. The third kappa shape index (κ3) is 2.25. The molecule has 0 fully saturated rings. The lowest BCUT2D eigenvalue weighted by Crippen LogP contribution is -1.85. The molecule has 0 amide bonds. The number of halogens is 1. The Morgan fingerprint density at radius 3 is 2.55 bits per heavy atom. The molecule has 100 valence electrons. The van der Waals surface area contributed by atoms with Gasteiger partial charge in [-0.15, -0.1) is 0 Å². The highest BCUT2D eigenvalue weighted by atomic mass is 19.1. The number of hydrogen-bond donors (Lipinski definition) is 1. The highest BCUT2D eigenvalue weighted by Gasteiger charge is 2.12. The molecule has 0 atom stereocenters. The molecule has 3 aromatic rings. The normalized spacial score (nSPS) is 10.7. The van der Waals surface area contributed by atoms with Crippen LogP contribution in [0.1, 0.15) is 5.56 Å². The minimum absolute atomic E-state index is 0.173. The first-order valence-corrected chi connectivity index (χ1v) is 6.03. The van der Waals surface area contributed by atoms with Gasteiger partial charge in [-0.2, -0.15) is 4.98 Å². The second-order valence-electron chi connectivity index (χ2n) is 4.43. The molecule has 20 heavy (non-hydrogen) atoms. The van der Waals surface area contributed by atoms with Crippen molar-refractivity contribution in [3.05, 3.63) is 53.8 Å². The van der Waals surface area contributed by atoms with Crippen molar-refractivity contribution in [3.8, 4) is 28.6 Å². The van der Waals surface area contributed by atoms with E-state index in [4.69, 9.17) is 4.52 Å². The van der Waals surface area contributed by atoms with Gasteiger partial charge in [-0.3, -0.25) is 0 Å². The van der Waals surface area contributed by atoms with Crippen LogP contribution in [0.3, 0.4) is 0 Å². The maximum absolute atomic E-state index is 13.1. The van der Waals surface area contributed by atoms with Gasteiger partial charge >= 0.3 is 0 Å². The molecule has 3 rings (SSSR count). The SMILES string of the molecule is Cc1cc(F)ccc1-c1nc(-c2ccc(O)cc2)no1. The Balaban J connectivity index is 1.99. The van der Waals surface area contributed by atoms with Gasteiger partial charge in [-0.25, -0.2) is 4.39 Å². The van der Waals surface area contributed by atoms with Crippen LogP contribution in [-0.4, -0.2) is 15.2 Å². The molecule has 0 aliphatic carbocycles. The van der Waals surface area contributed by atoms with Crippen LogP contribution in [0, 0.1) is 12.7 Å². The molecule has 2 aromatic carbocycles. The number of hydrogen-bond acceptors (Lipinski definition) is 4. The van der Waals surface area contributed by atoms with Crippen LogP contribution < -0.4 is 0 Å². The van der Waals surface area contributed by atoms with E-state index in [1.54, 1.807) is 37.3 Å². The molecule has 0 aliphatic rings. The zero-order valence-electron chi connectivity index (χ0n) is 10.7. The first-order valence-electron chi connectivity index (χ1n) is 6.03. The van der Waals surface area contributed by atoms with Crippen molar-refractivity contribution in [1.29, 1.82) is 0 Å². The van der Waals surface area contributed by atoms with Crippen molar-refractivity contribution < 1.29 is 14.0 Å². The number of aromatic nitrogens is 2. The van der Waals surface area contributed by atoms with Crippen molar-refractivity contribution >= 4 is 0 Å². The number of rotatable bonds is 2. The number of benzene rings is 2. The average Bonchev–Trinajstić information content (AvgIpc) is 2.89. The first kappa shape index (κ1) is 12.3. The topological polar surface area (TPSA) is 59.2 Å². The van der Waals surface area contributed by atoms with Crippen LogP contribution in [0.2, 0.25) is 0 Å². The van der Waals surface area contributed by atoms with Crippen molar-refractivity contribution in [1.82, 2.24) is 10.1 Å². The van der Waals surface area contributed by atoms with E-state index in [0.29, 0.717) is 17.3 Å². The molecule has 1 N–H and O–H groups in total. The quantitative estimate of drug-likeness (QED) is 0.773. The molecule has 4 nitrogen and oxygen atoms in total. The molecule has 0 saturated carbocycles. The smallest absolute Gasteiger partial charge is 0.258 e. The van der Waals surface area contributed by atoms with E-state index in [1.165, 1.54) is 12.1 Å². The van der Waals surface area contributed by atoms with E-state index in [1.807, 2.05) is 0 Å². The molecule has 0 bridgehead atoms. The fraction of sp³-hybridized carbons (Fsp3) is 0.0667. The number of aryl methyl sites for hydroxylation is 1. The average molecular weight is 270 g/mol. The van der Waals surface area contributed by atoms with Crippen LogP contribution in [0.5, 0.6) is 5.75 Å². The van der Waals surface area contributed by atoms with E-state index in [-0.39, 0.29) is 11.6 Å². The molecule has 1 heterocycles. The molecule has 0 unspecified atom stereocenters. The fourth-order valence-electron chi connectivity index (χ4n) is 1.93. The number of nitrogens with zero attached hydrogens (tertiary/aromatic N) is 2. The van der Waals surface area contributed by atoms with Gasteiger partial charge < -0.3 is 9.63 Å². The van der Waals surface area contributed by atoms with Gasteiger partial charge in [-0.05, 0) is 55.0 Å². The molecule has 0 saturated heterocycles. The lowest BCUT2D eigenvalue weighted by Gasteiger charge is -1.99. The van der Waals surface area contributed by atoms with Crippen LogP contribution in [0.15, 0.2) is 47.0 Å². The van der Waals surface area contributed by atoms with Gasteiger partial charge in [0.05, 0.1) is 0 Å². The summed E-state index contributed by atoms with van der Waals surface area (Å²) in [5.41, 5.74) is 2.16. The Morgan fingerprint density at radius 1 is 1.10 bits per heavy atom. The predicted molar refractivity (Wildman–Crippen MR) is 71.5 cm³/mol. The Bertz CT molecular complexity index is 751. The van der Waals surface area contributed by atoms with Crippen LogP contribution in [-0.2, 0) is 0 Å². The van der Waals surface area contributed by atoms with Crippen LogP contribution >= 0.6 is 0 Å². The summed E-state index contributed by atoms with van der Waals surface area (Å²) in [5.74, 6) is 0.630. The van der Waals surface area contributed by atoms with Gasteiger partial charge in [0, 0.05) is 11.1 Å². The monoisotopic (exact) mass is 270 g/mol. The van der Waals surface area contributed by atoms with Gasteiger partial charge in [0.2, 0.25) is 5.82 Å². The first-order chi connectivity index (χ1) is 9.63. The maximum atomic E-state index is 13.1. The number of phenols is 1. The number of aromatic hydroxyl groups is 1. The van der Waals surface area contributed by atoms with Gasteiger partial charge in [-0.1, -0.05) is 5.16 Å². The molecule has 5 heteroatoms. The predicted octanol–water partition coefficient (Wildman–Crippen LogP) is 3.56. The molecular formula is C15H11FN2O2. The zero-order chi connectivity index (χ0) is 14.1. The Kier molecular flexibility index (Phi) is 2.95. The lowest BCUT2D eigenvalue weighted by atomic mass is 10.1. The summed E-state index contributed by atoms with van der Waals surface area (Å²) in [4.78, 5) is 4.29. The standard InChI is InChI=1S/C15H11FN2O2/c1-9-8-11(16)4-7-13(9)15-17-14(18-20-15)10-2-5-12(19)6-3-10/h2-8,19H,1H3. The largest absolute Gasteiger partial charge is 0.508 e. The molecule has 1 aromatic heterocycles. The van der Waals surface area contributed by atoms with E-state index in [2.05, 4.69) is 10.1 Å². The summed E-state index contributed by atoms with van der Waals surface area (Å²) in [6.07, 6.45) is 0. The molecular weight excluding hydrogens is 259 g/mol. The summed E-state index contributed by atoms with van der Waals surface area (Å²) >= 11 is 0. The minimum Gasteiger partial charge on any atom is -0.508 e. The third-order valence-corrected chi connectivity index (χ3v) is 2.97.